The fourth-order valence-corrected chi connectivity index (χ4v) is 3.58. The first kappa shape index (κ1) is 13.8. The Bertz CT molecular complexity index is 472. The summed E-state index contributed by atoms with van der Waals surface area (Å²) in [6.45, 7) is 5.93. The molecule has 4 heteroatoms. The van der Waals surface area contributed by atoms with Gasteiger partial charge in [-0.1, -0.05) is 6.07 Å². The number of halogens is 1. The van der Waals surface area contributed by atoms with Gasteiger partial charge in [-0.05, 0) is 51.4 Å². The Kier molecular flexibility index (Phi) is 3.94. The lowest BCUT2D eigenvalue weighted by Crippen LogP contribution is -2.35. The number of nitrogens with zero attached hydrogens (tertiary/aromatic N) is 2. The van der Waals surface area contributed by atoms with E-state index in [9.17, 15) is 9.50 Å². The molecule has 3 rings (SSSR count). The minimum Gasteiger partial charge on any atom is -0.389 e. The van der Waals surface area contributed by atoms with Crippen LogP contribution < -0.4 is 4.90 Å². The van der Waals surface area contributed by atoms with Gasteiger partial charge in [-0.3, -0.25) is 4.90 Å². The van der Waals surface area contributed by atoms with Crippen molar-refractivity contribution in [1.29, 1.82) is 0 Å². The number of benzene rings is 1. The highest BCUT2D eigenvalue weighted by Crippen LogP contribution is 2.32. The number of hydrogen-bond donors (Lipinski definition) is 1. The molecule has 1 N–H and O–H groups in total. The molecule has 110 valence electrons. The minimum absolute atomic E-state index is 0.304. The standard InChI is InChI=1S/C16H23FN2O/c1-12(20)16-14(17)5-4-6-15(16)19-10-7-13(11-19)18-8-2-3-9-18/h4-6,12-13,20H,2-3,7-11H2,1H3/t12-,13?/m0/s1. The summed E-state index contributed by atoms with van der Waals surface area (Å²) in [6.07, 6.45) is 2.97. The van der Waals surface area contributed by atoms with Crippen LogP contribution in [-0.4, -0.2) is 42.2 Å². The Labute approximate surface area is 120 Å². The van der Waals surface area contributed by atoms with Crippen LogP contribution in [0, 0.1) is 5.82 Å². The van der Waals surface area contributed by atoms with E-state index >= 15 is 0 Å². The fraction of sp³-hybridized carbons (Fsp3) is 0.625. The molecule has 2 fully saturated rings. The summed E-state index contributed by atoms with van der Waals surface area (Å²) in [4.78, 5) is 4.79. The SMILES string of the molecule is C[C@H](O)c1c(F)cccc1N1CCC(N2CCCC2)C1. The molecule has 0 saturated carbocycles. The molecule has 0 aromatic heterocycles. The van der Waals surface area contributed by atoms with E-state index in [0.29, 0.717) is 11.6 Å². The maximum atomic E-state index is 14.0. The van der Waals surface area contributed by atoms with Crippen LogP contribution >= 0.6 is 0 Å². The Balaban J connectivity index is 1.79. The van der Waals surface area contributed by atoms with Gasteiger partial charge >= 0.3 is 0 Å². The van der Waals surface area contributed by atoms with Crippen LogP contribution in [-0.2, 0) is 0 Å². The number of rotatable bonds is 3. The highest BCUT2D eigenvalue weighted by Gasteiger charge is 2.31. The molecule has 0 amide bonds. The lowest BCUT2D eigenvalue weighted by atomic mass is 10.1. The van der Waals surface area contributed by atoms with Gasteiger partial charge in [-0.15, -0.1) is 0 Å². The maximum absolute atomic E-state index is 14.0. The Morgan fingerprint density at radius 3 is 2.70 bits per heavy atom. The van der Waals surface area contributed by atoms with Crippen LogP contribution in [0.5, 0.6) is 0 Å². The van der Waals surface area contributed by atoms with E-state index in [1.807, 2.05) is 6.07 Å². The summed E-state index contributed by atoms with van der Waals surface area (Å²) in [5.74, 6) is -0.304. The first-order chi connectivity index (χ1) is 9.66. The van der Waals surface area contributed by atoms with Gasteiger partial charge in [0.2, 0.25) is 0 Å². The van der Waals surface area contributed by atoms with Crippen LogP contribution in [0.25, 0.3) is 0 Å². The molecule has 1 unspecified atom stereocenters. The topological polar surface area (TPSA) is 26.7 Å². The van der Waals surface area contributed by atoms with Crippen molar-refractivity contribution in [2.75, 3.05) is 31.1 Å². The van der Waals surface area contributed by atoms with Crippen LogP contribution in [0.2, 0.25) is 0 Å². The summed E-state index contributed by atoms with van der Waals surface area (Å²) >= 11 is 0. The zero-order chi connectivity index (χ0) is 14.1. The van der Waals surface area contributed by atoms with Gasteiger partial charge in [-0.2, -0.15) is 0 Å². The molecule has 20 heavy (non-hydrogen) atoms. The number of likely N-dealkylation sites (tertiary alicyclic amines) is 1. The van der Waals surface area contributed by atoms with E-state index < -0.39 is 6.10 Å². The van der Waals surface area contributed by atoms with Crippen LogP contribution in [0.15, 0.2) is 18.2 Å². The predicted octanol–water partition coefficient (Wildman–Crippen LogP) is 2.55. The highest BCUT2D eigenvalue weighted by molar-refractivity contribution is 5.56. The number of hydrogen-bond acceptors (Lipinski definition) is 3. The van der Waals surface area contributed by atoms with E-state index in [1.54, 1.807) is 13.0 Å². The summed E-state index contributed by atoms with van der Waals surface area (Å²) in [7, 11) is 0. The van der Waals surface area contributed by atoms with Crippen molar-refractivity contribution >= 4 is 5.69 Å². The second kappa shape index (κ2) is 5.70. The molecule has 0 bridgehead atoms. The zero-order valence-electron chi connectivity index (χ0n) is 12.1. The largest absolute Gasteiger partial charge is 0.389 e. The van der Waals surface area contributed by atoms with E-state index in [2.05, 4.69) is 9.80 Å². The van der Waals surface area contributed by atoms with E-state index in [0.717, 1.165) is 25.2 Å². The van der Waals surface area contributed by atoms with Gasteiger partial charge in [0.1, 0.15) is 5.82 Å². The van der Waals surface area contributed by atoms with E-state index in [4.69, 9.17) is 0 Å². The highest BCUT2D eigenvalue weighted by atomic mass is 19.1. The maximum Gasteiger partial charge on any atom is 0.131 e. The molecule has 2 aliphatic rings. The smallest absolute Gasteiger partial charge is 0.131 e. The molecule has 1 aromatic rings. The Morgan fingerprint density at radius 1 is 1.25 bits per heavy atom. The molecule has 0 radical (unpaired) electrons. The van der Waals surface area contributed by atoms with Gasteiger partial charge in [0, 0.05) is 30.4 Å². The van der Waals surface area contributed by atoms with Crippen molar-refractivity contribution in [2.24, 2.45) is 0 Å². The van der Waals surface area contributed by atoms with Crippen molar-refractivity contribution in [3.8, 4) is 0 Å². The van der Waals surface area contributed by atoms with Crippen LogP contribution in [0.3, 0.4) is 0 Å². The van der Waals surface area contributed by atoms with Crippen molar-refractivity contribution in [3.05, 3.63) is 29.6 Å². The van der Waals surface area contributed by atoms with Crippen molar-refractivity contribution < 1.29 is 9.50 Å². The van der Waals surface area contributed by atoms with Crippen molar-refractivity contribution in [1.82, 2.24) is 4.90 Å². The quantitative estimate of drug-likeness (QED) is 0.920. The lowest BCUT2D eigenvalue weighted by Gasteiger charge is -2.26. The zero-order valence-corrected chi connectivity index (χ0v) is 12.1. The van der Waals surface area contributed by atoms with Gasteiger partial charge in [0.15, 0.2) is 0 Å². The van der Waals surface area contributed by atoms with Gasteiger partial charge in [0.25, 0.3) is 0 Å². The van der Waals surface area contributed by atoms with Crippen LogP contribution in [0.4, 0.5) is 10.1 Å². The first-order valence-electron chi connectivity index (χ1n) is 7.62. The molecular formula is C16H23FN2O. The van der Waals surface area contributed by atoms with Crippen LogP contribution in [0.1, 0.15) is 37.9 Å². The van der Waals surface area contributed by atoms with Gasteiger partial charge in [0.05, 0.1) is 6.10 Å². The second-order valence-corrected chi connectivity index (χ2v) is 5.98. The second-order valence-electron chi connectivity index (χ2n) is 5.98. The van der Waals surface area contributed by atoms with E-state index in [-0.39, 0.29) is 5.82 Å². The van der Waals surface area contributed by atoms with Gasteiger partial charge < -0.3 is 10.0 Å². The molecule has 2 heterocycles. The Morgan fingerprint density at radius 2 is 2.00 bits per heavy atom. The van der Waals surface area contributed by atoms with E-state index in [1.165, 1.54) is 32.0 Å². The monoisotopic (exact) mass is 278 g/mol. The summed E-state index contributed by atoms with van der Waals surface area (Å²) in [6, 6.07) is 5.68. The average molecular weight is 278 g/mol. The fourth-order valence-electron chi connectivity index (χ4n) is 3.58. The van der Waals surface area contributed by atoms with Gasteiger partial charge in [-0.25, -0.2) is 4.39 Å². The van der Waals surface area contributed by atoms with Crippen molar-refractivity contribution in [2.45, 2.75) is 38.3 Å². The normalized spacial score (nSPS) is 25.4. The molecule has 2 aliphatic heterocycles. The third-order valence-electron chi connectivity index (χ3n) is 4.61. The Hall–Kier alpha value is -1.13. The van der Waals surface area contributed by atoms with Crippen molar-refractivity contribution in [3.63, 3.8) is 0 Å². The summed E-state index contributed by atoms with van der Waals surface area (Å²) in [5, 5.41) is 9.85. The molecule has 3 nitrogen and oxygen atoms in total. The number of anilines is 1. The average Bonchev–Trinajstić information content (AvgIpc) is 3.09. The summed E-state index contributed by atoms with van der Waals surface area (Å²) < 4.78 is 14.0. The third kappa shape index (κ3) is 2.54. The summed E-state index contributed by atoms with van der Waals surface area (Å²) in [5.41, 5.74) is 1.30. The predicted molar refractivity (Wildman–Crippen MR) is 78.5 cm³/mol. The molecule has 1 aromatic carbocycles. The minimum atomic E-state index is -0.767. The number of aliphatic hydroxyl groups is 1. The molecule has 0 spiro atoms. The lowest BCUT2D eigenvalue weighted by molar-refractivity contribution is 0.194. The number of aliphatic hydroxyl groups excluding tert-OH is 1. The molecule has 0 aliphatic carbocycles. The molecular weight excluding hydrogens is 255 g/mol. The first-order valence-corrected chi connectivity index (χ1v) is 7.62. The molecule has 2 saturated heterocycles. The molecule has 2 atom stereocenters. The third-order valence-corrected chi connectivity index (χ3v) is 4.61.